The van der Waals surface area contributed by atoms with Crippen molar-refractivity contribution in [2.24, 2.45) is 10.9 Å². The molecular weight excluding hydrogens is 431 g/mol. The normalized spacial score (nSPS) is 11.5. The van der Waals surface area contributed by atoms with Crippen molar-refractivity contribution in [3.8, 4) is 11.3 Å². The molecule has 0 atom stereocenters. The lowest BCUT2D eigenvalue weighted by molar-refractivity contribution is -0.380. The third-order valence-corrected chi connectivity index (χ3v) is 5.21. The van der Waals surface area contributed by atoms with Crippen LogP contribution in [0.4, 0.5) is 5.00 Å². The van der Waals surface area contributed by atoms with Gasteiger partial charge in [-0.3, -0.25) is 10.1 Å². The summed E-state index contributed by atoms with van der Waals surface area (Å²) in [6, 6.07) is 7.48. The maximum atomic E-state index is 12.5. The maximum absolute atomic E-state index is 12.5. The van der Waals surface area contributed by atoms with Gasteiger partial charge in [-0.05, 0) is 25.1 Å². The molecule has 3 aromatic rings. The molecule has 0 spiro atoms. The summed E-state index contributed by atoms with van der Waals surface area (Å²) in [5.74, 6) is -0.937. The number of aryl methyl sites for hydroxylation is 1. The lowest BCUT2D eigenvalue weighted by Crippen LogP contribution is -2.14. The number of thiophene rings is 1. The van der Waals surface area contributed by atoms with Crippen LogP contribution in [-0.2, 0) is 4.84 Å². The van der Waals surface area contributed by atoms with Gasteiger partial charge in [0.2, 0.25) is 0 Å². The smallest absolute Gasteiger partial charge is 0.371 e. The van der Waals surface area contributed by atoms with Gasteiger partial charge in [0.1, 0.15) is 17.0 Å². The molecule has 12 heteroatoms. The first-order valence-corrected chi connectivity index (χ1v) is 9.07. The summed E-state index contributed by atoms with van der Waals surface area (Å²) in [6.45, 7) is 1.51. The molecule has 2 N–H and O–H groups in total. The Labute approximate surface area is 171 Å². The number of carbonyl (C=O) groups excluding carboxylic acids is 1. The number of carbonyl (C=O) groups is 1. The summed E-state index contributed by atoms with van der Waals surface area (Å²) in [4.78, 5) is 27.8. The monoisotopic (exact) mass is 440 g/mol. The van der Waals surface area contributed by atoms with E-state index in [1.807, 2.05) is 0 Å². The number of halogens is 2. The van der Waals surface area contributed by atoms with Gasteiger partial charge in [-0.2, -0.15) is 0 Å². The minimum Gasteiger partial charge on any atom is -0.380 e. The Hall–Kier alpha value is -2.95. The number of amidine groups is 1. The largest absolute Gasteiger partial charge is 0.380 e. The van der Waals surface area contributed by atoms with Crippen LogP contribution in [0.15, 0.2) is 40.0 Å². The maximum Gasteiger partial charge on any atom is 0.371 e. The summed E-state index contributed by atoms with van der Waals surface area (Å²) in [7, 11) is 0. The highest BCUT2D eigenvalue weighted by molar-refractivity contribution is 7.17. The van der Waals surface area contributed by atoms with Gasteiger partial charge >= 0.3 is 11.0 Å². The molecule has 9 nitrogen and oxygen atoms in total. The highest BCUT2D eigenvalue weighted by atomic mass is 35.5. The number of nitro groups is 1. The standard InChI is InChI=1S/C16H10Cl2N4O5S/c1-7-12(14(20-26-7)13-8(17)3-2-4-9(13)18)16(23)27-21-15(19)10-5-6-11(28-10)22(24)25/h2-6H,1H3,(H2,19,21). The topological polar surface area (TPSA) is 134 Å². The molecule has 144 valence electrons. The van der Waals surface area contributed by atoms with Crippen molar-refractivity contribution in [1.29, 1.82) is 0 Å². The Morgan fingerprint density at radius 1 is 1.32 bits per heavy atom. The number of benzene rings is 1. The molecule has 0 fully saturated rings. The molecular formula is C16H10Cl2N4O5S. The van der Waals surface area contributed by atoms with Crippen molar-refractivity contribution in [2.75, 3.05) is 0 Å². The van der Waals surface area contributed by atoms with Crippen molar-refractivity contribution in [2.45, 2.75) is 6.92 Å². The van der Waals surface area contributed by atoms with Crippen LogP contribution >= 0.6 is 34.5 Å². The zero-order valence-corrected chi connectivity index (χ0v) is 16.3. The van der Waals surface area contributed by atoms with E-state index in [1.165, 1.54) is 19.1 Å². The van der Waals surface area contributed by atoms with Crippen molar-refractivity contribution in [3.05, 3.63) is 66.7 Å². The van der Waals surface area contributed by atoms with Crippen LogP contribution in [0, 0.1) is 17.0 Å². The first-order chi connectivity index (χ1) is 13.3. The summed E-state index contributed by atoms with van der Waals surface area (Å²) in [5.41, 5.74) is 6.10. The second-order valence-electron chi connectivity index (χ2n) is 5.31. The van der Waals surface area contributed by atoms with Crippen molar-refractivity contribution in [3.63, 3.8) is 0 Å². The highest BCUT2D eigenvalue weighted by Crippen LogP contribution is 2.37. The van der Waals surface area contributed by atoms with E-state index in [2.05, 4.69) is 10.3 Å². The molecule has 2 aromatic heterocycles. The number of rotatable bonds is 5. The first kappa shape index (κ1) is 19.8. The SMILES string of the molecule is Cc1onc(-c2c(Cl)cccc2Cl)c1C(=O)O/N=C(/N)c1ccc([N+](=O)[O-])s1. The van der Waals surface area contributed by atoms with E-state index in [9.17, 15) is 14.9 Å². The molecule has 0 radical (unpaired) electrons. The van der Waals surface area contributed by atoms with Crippen LogP contribution in [0.1, 0.15) is 21.0 Å². The molecule has 28 heavy (non-hydrogen) atoms. The number of oxime groups is 1. The van der Waals surface area contributed by atoms with Crippen LogP contribution in [0.25, 0.3) is 11.3 Å². The van der Waals surface area contributed by atoms with Crippen LogP contribution in [-0.4, -0.2) is 21.9 Å². The Bertz CT molecular complexity index is 1090. The minimum atomic E-state index is -0.904. The van der Waals surface area contributed by atoms with Gasteiger partial charge in [0.25, 0.3) is 0 Å². The van der Waals surface area contributed by atoms with E-state index < -0.39 is 10.9 Å². The zero-order chi connectivity index (χ0) is 20.4. The summed E-state index contributed by atoms with van der Waals surface area (Å²) in [6.07, 6.45) is 0. The third-order valence-electron chi connectivity index (χ3n) is 3.52. The molecule has 0 saturated carbocycles. The number of aromatic nitrogens is 1. The molecule has 1 aromatic carbocycles. The number of hydrogen-bond acceptors (Lipinski definition) is 8. The summed E-state index contributed by atoms with van der Waals surface area (Å²) >= 11 is 13.1. The van der Waals surface area contributed by atoms with Crippen molar-refractivity contribution >= 4 is 51.3 Å². The fraction of sp³-hybridized carbons (Fsp3) is 0.0625. The average molecular weight is 441 g/mol. The van der Waals surface area contributed by atoms with Crippen LogP contribution in [0.2, 0.25) is 10.0 Å². The van der Waals surface area contributed by atoms with E-state index in [0.717, 1.165) is 11.3 Å². The molecule has 0 unspecified atom stereocenters. The number of hydrogen-bond donors (Lipinski definition) is 1. The predicted molar refractivity (Wildman–Crippen MR) is 104 cm³/mol. The summed E-state index contributed by atoms with van der Waals surface area (Å²) < 4.78 is 5.08. The molecule has 0 aliphatic heterocycles. The fourth-order valence-electron chi connectivity index (χ4n) is 2.25. The van der Waals surface area contributed by atoms with E-state index in [4.69, 9.17) is 38.3 Å². The van der Waals surface area contributed by atoms with E-state index in [0.29, 0.717) is 5.56 Å². The molecule has 0 amide bonds. The molecule has 0 bridgehead atoms. The Morgan fingerprint density at radius 3 is 2.61 bits per heavy atom. The quantitative estimate of drug-likeness (QED) is 0.204. The van der Waals surface area contributed by atoms with Gasteiger partial charge in [0.15, 0.2) is 5.84 Å². The van der Waals surface area contributed by atoms with Crippen molar-refractivity contribution < 1.29 is 19.1 Å². The third kappa shape index (κ3) is 3.84. The molecule has 0 saturated heterocycles. The average Bonchev–Trinajstić information content (AvgIpc) is 3.27. The predicted octanol–water partition coefficient (Wildman–Crippen LogP) is 4.40. The zero-order valence-electron chi connectivity index (χ0n) is 14.0. The van der Waals surface area contributed by atoms with Gasteiger partial charge in [0.05, 0.1) is 19.8 Å². The van der Waals surface area contributed by atoms with Crippen LogP contribution in [0.3, 0.4) is 0 Å². The van der Waals surface area contributed by atoms with Crippen LogP contribution < -0.4 is 5.73 Å². The van der Waals surface area contributed by atoms with Crippen molar-refractivity contribution in [1.82, 2.24) is 5.16 Å². The first-order valence-electron chi connectivity index (χ1n) is 7.49. The van der Waals surface area contributed by atoms with Gasteiger partial charge in [-0.1, -0.05) is 50.9 Å². The second kappa shape index (κ2) is 7.97. The van der Waals surface area contributed by atoms with Gasteiger partial charge in [-0.15, -0.1) is 0 Å². The number of nitrogens with two attached hydrogens (primary N) is 1. The highest BCUT2D eigenvalue weighted by Gasteiger charge is 2.26. The lowest BCUT2D eigenvalue weighted by atomic mass is 10.1. The van der Waals surface area contributed by atoms with E-state index >= 15 is 0 Å². The van der Waals surface area contributed by atoms with Gasteiger partial charge in [-0.25, -0.2) is 4.79 Å². The minimum absolute atomic E-state index is 0.0243. The molecule has 2 heterocycles. The Balaban J connectivity index is 1.89. The van der Waals surface area contributed by atoms with E-state index in [-0.39, 0.29) is 42.8 Å². The lowest BCUT2D eigenvalue weighted by Gasteiger charge is -2.05. The second-order valence-corrected chi connectivity index (χ2v) is 7.19. The van der Waals surface area contributed by atoms with Crippen LogP contribution in [0.5, 0.6) is 0 Å². The van der Waals surface area contributed by atoms with E-state index in [1.54, 1.807) is 18.2 Å². The molecule has 3 rings (SSSR count). The Morgan fingerprint density at radius 2 is 2.00 bits per heavy atom. The number of nitrogens with zero attached hydrogens (tertiary/aromatic N) is 3. The summed E-state index contributed by atoms with van der Waals surface area (Å²) in [5, 5.41) is 18.5. The molecule has 0 aliphatic rings. The van der Waals surface area contributed by atoms with Gasteiger partial charge in [0, 0.05) is 11.6 Å². The molecule has 0 aliphatic carbocycles. The Kier molecular flexibility index (Phi) is 5.63. The fourth-order valence-corrected chi connectivity index (χ4v) is 3.54. The van der Waals surface area contributed by atoms with Gasteiger partial charge < -0.3 is 15.1 Å².